The van der Waals surface area contributed by atoms with Crippen molar-refractivity contribution in [1.29, 1.82) is 0 Å². The van der Waals surface area contributed by atoms with Crippen LogP contribution in [0.2, 0.25) is 0 Å². The fraction of sp³-hybridized carbons (Fsp3) is 0.429. The fourth-order valence-corrected chi connectivity index (χ4v) is 7.64. The Morgan fingerprint density at radius 3 is 1.96 bits per heavy atom. The van der Waals surface area contributed by atoms with Crippen molar-refractivity contribution in [1.82, 2.24) is 24.4 Å². The van der Waals surface area contributed by atoms with Crippen LogP contribution in [0.5, 0.6) is 0 Å². The summed E-state index contributed by atoms with van der Waals surface area (Å²) in [6.45, 7) is 5.98. The van der Waals surface area contributed by atoms with Crippen molar-refractivity contribution in [3.05, 3.63) is 101 Å². The first kappa shape index (κ1) is 41.6. The number of carbonyl (C=O) groups is 2. The van der Waals surface area contributed by atoms with Crippen molar-refractivity contribution in [2.75, 3.05) is 40.3 Å². The van der Waals surface area contributed by atoms with E-state index in [-0.39, 0.29) is 46.8 Å². The summed E-state index contributed by atoms with van der Waals surface area (Å²) in [5, 5.41) is 15.3. The van der Waals surface area contributed by atoms with E-state index in [2.05, 4.69) is 10.1 Å². The predicted octanol–water partition coefficient (Wildman–Crippen LogP) is 3.54. The average molecular weight is 752 g/mol. The zero-order valence-electron chi connectivity index (χ0n) is 29.5. The first-order chi connectivity index (χ1) is 24.0. The van der Waals surface area contributed by atoms with Gasteiger partial charge >= 0.3 is 0 Å². The minimum atomic E-state index is -4.12. The van der Waals surface area contributed by atoms with Crippen LogP contribution in [-0.4, -0.2) is 100 Å². The van der Waals surface area contributed by atoms with Crippen LogP contribution in [0.4, 0.5) is 8.78 Å². The Bertz CT molecular complexity index is 1840. The Balaban J connectivity index is 2.00. The maximum Gasteiger partial charge on any atom is 0.253 e. The third-order valence-electron chi connectivity index (χ3n) is 7.88. The van der Waals surface area contributed by atoms with E-state index in [1.807, 2.05) is 13.8 Å². The summed E-state index contributed by atoms with van der Waals surface area (Å²) in [5.41, 5.74) is 0.356. The predicted molar refractivity (Wildman–Crippen MR) is 191 cm³/mol. The number of aliphatic hydroxyl groups is 1. The summed E-state index contributed by atoms with van der Waals surface area (Å²) in [6, 6.07) is 13.5. The highest BCUT2D eigenvalue weighted by molar-refractivity contribution is 7.89. The summed E-state index contributed by atoms with van der Waals surface area (Å²) in [4.78, 5) is 31.1. The standard InChI is InChI=1S/C35H47F2N5O7S2/c1-6-14-41(15-7-2)35(45)28-19-27(20-31(21-28)51(48,49)40(4)5)34(44)38-32(18-26-16-29(36)22-30(37)17-26)33(43)23-42(8-3)39-50(46,47)24-25-12-10-9-11-13-25/h9-13,16-17,19-22,32-33,39,43H,6-8,14-15,18,23-24H2,1-5H3,(H,38,44). The molecule has 2 atom stereocenters. The molecule has 3 aromatic carbocycles. The third kappa shape index (κ3) is 12.1. The number of benzene rings is 3. The van der Waals surface area contributed by atoms with Gasteiger partial charge in [0.15, 0.2) is 0 Å². The maximum absolute atomic E-state index is 14.2. The molecule has 2 unspecified atom stereocenters. The van der Waals surface area contributed by atoms with Crippen molar-refractivity contribution in [2.45, 2.75) is 62.8 Å². The second-order valence-corrected chi connectivity index (χ2v) is 16.2. The Morgan fingerprint density at radius 1 is 0.824 bits per heavy atom. The van der Waals surface area contributed by atoms with Gasteiger partial charge in [-0.15, -0.1) is 4.83 Å². The molecule has 3 aromatic rings. The molecule has 280 valence electrons. The number of nitrogens with zero attached hydrogens (tertiary/aromatic N) is 3. The highest BCUT2D eigenvalue weighted by Gasteiger charge is 2.29. The van der Waals surface area contributed by atoms with Crippen LogP contribution >= 0.6 is 0 Å². The van der Waals surface area contributed by atoms with E-state index >= 15 is 0 Å². The minimum Gasteiger partial charge on any atom is -0.390 e. The van der Waals surface area contributed by atoms with Gasteiger partial charge < -0.3 is 15.3 Å². The van der Waals surface area contributed by atoms with Gasteiger partial charge in [-0.05, 0) is 60.7 Å². The van der Waals surface area contributed by atoms with E-state index in [1.54, 1.807) is 42.2 Å². The lowest BCUT2D eigenvalue weighted by atomic mass is 9.99. The van der Waals surface area contributed by atoms with Gasteiger partial charge in [-0.25, -0.2) is 34.9 Å². The van der Waals surface area contributed by atoms with E-state index < -0.39 is 55.6 Å². The molecule has 0 bridgehead atoms. The number of amides is 2. The van der Waals surface area contributed by atoms with E-state index in [1.165, 1.54) is 31.2 Å². The lowest BCUT2D eigenvalue weighted by molar-refractivity contribution is 0.0634. The molecule has 0 radical (unpaired) electrons. The molecule has 51 heavy (non-hydrogen) atoms. The van der Waals surface area contributed by atoms with Crippen LogP contribution in [0.1, 0.15) is 65.5 Å². The molecule has 0 saturated carbocycles. The number of halogens is 2. The number of nitrogens with one attached hydrogen (secondary N) is 2. The minimum absolute atomic E-state index is 0.0424. The molecule has 16 heteroatoms. The van der Waals surface area contributed by atoms with E-state index in [0.717, 1.165) is 22.5 Å². The van der Waals surface area contributed by atoms with Gasteiger partial charge in [-0.3, -0.25) is 9.59 Å². The smallest absolute Gasteiger partial charge is 0.253 e. The molecule has 2 amide bonds. The molecule has 0 aliphatic rings. The SMILES string of the molecule is CCCN(CCC)C(=O)c1cc(C(=O)NC(Cc2cc(F)cc(F)c2)C(O)CN(CC)NS(=O)(=O)Cc2ccccc2)cc(S(=O)(=O)N(C)C)c1. The second kappa shape index (κ2) is 18.6. The number of aliphatic hydroxyl groups excluding tert-OH is 1. The van der Waals surface area contributed by atoms with Crippen LogP contribution in [0.3, 0.4) is 0 Å². The van der Waals surface area contributed by atoms with Gasteiger partial charge in [-0.1, -0.05) is 51.1 Å². The Morgan fingerprint density at radius 2 is 1.41 bits per heavy atom. The number of likely N-dealkylation sites (N-methyl/N-ethyl adjacent to an activating group) is 1. The lowest BCUT2D eigenvalue weighted by Crippen LogP contribution is -2.53. The number of rotatable bonds is 19. The van der Waals surface area contributed by atoms with Crippen LogP contribution in [0, 0.1) is 11.6 Å². The van der Waals surface area contributed by atoms with Crippen molar-refractivity contribution in [2.24, 2.45) is 0 Å². The van der Waals surface area contributed by atoms with E-state index in [0.29, 0.717) is 37.6 Å². The Labute approximate surface area is 299 Å². The highest BCUT2D eigenvalue weighted by atomic mass is 32.2. The lowest BCUT2D eigenvalue weighted by Gasteiger charge is -2.30. The van der Waals surface area contributed by atoms with Gasteiger partial charge in [0.1, 0.15) is 11.6 Å². The van der Waals surface area contributed by atoms with Gasteiger partial charge in [0.05, 0.1) is 22.8 Å². The van der Waals surface area contributed by atoms with Gasteiger partial charge in [0, 0.05) is 57.5 Å². The normalized spacial score (nSPS) is 13.3. The first-order valence-corrected chi connectivity index (χ1v) is 19.7. The van der Waals surface area contributed by atoms with Crippen LogP contribution < -0.4 is 10.1 Å². The summed E-state index contributed by atoms with van der Waals surface area (Å²) in [7, 11) is -5.43. The van der Waals surface area contributed by atoms with E-state index in [9.17, 15) is 40.3 Å². The summed E-state index contributed by atoms with van der Waals surface area (Å²) in [5.74, 6) is -3.48. The van der Waals surface area contributed by atoms with Gasteiger partial charge in [0.2, 0.25) is 20.0 Å². The molecule has 0 saturated heterocycles. The first-order valence-electron chi connectivity index (χ1n) is 16.6. The fourth-order valence-electron chi connectivity index (χ4n) is 5.37. The van der Waals surface area contributed by atoms with E-state index in [4.69, 9.17) is 0 Å². The van der Waals surface area contributed by atoms with Crippen LogP contribution in [0.15, 0.2) is 71.6 Å². The molecule has 0 aliphatic carbocycles. The van der Waals surface area contributed by atoms with Crippen molar-refractivity contribution in [3.63, 3.8) is 0 Å². The molecule has 0 aliphatic heterocycles. The molecular weight excluding hydrogens is 705 g/mol. The summed E-state index contributed by atoms with van der Waals surface area (Å²) in [6.07, 6.45) is -0.518. The van der Waals surface area contributed by atoms with Crippen molar-refractivity contribution in [3.8, 4) is 0 Å². The topological polar surface area (TPSA) is 156 Å². The van der Waals surface area contributed by atoms with Crippen molar-refractivity contribution < 1.29 is 40.3 Å². The summed E-state index contributed by atoms with van der Waals surface area (Å²) < 4.78 is 81.7. The second-order valence-electron chi connectivity index (χ2n) is 12.3. The van der Waals surface area contributed by atoms with Gasteiger partial charge in [0.25, 0.3) is 11.8 Å². The number of sulfonamides is 2. The molecule has 0 aromatic heterocycles. The average Bonchev–Trinajstić information content (AvgIpc) is 3.06. The number of hydrazine groups is 1. The monoisotopic (exact) mass is 751 g/mol. The molecule has 3 N–H and O–H groups in total. The van der Waals surface area contributed by atoms with Crippen molar-refractivity contribution >= 4 is 31.9 Å². The Kier molecular flexibility index (Phi) is 15.2. The third-order valence-corrected chi connectivity index (χ3v) is 10.9. The number of hydrogen-bond donors (Lipinski definition) is 3. The zero-order chi connectivity index (χ0) is 37.9. The Hall–Kier alpha value is -3.80. The van der Waals surface area contributed by atoms with Crippen LogP contribution in [0.25, 0.3) is 0 Å². The summed E-state index contributed by atoms with van der Waals surface area (Å²) >= 11 is 0. The molecule has 3 rings (SSSR count). The zero-order valence-corrected chi connectivity index (χ0v) is 31.1. The maximum atomic E-state index is 14.2. The molecule has 0 heterocycles. The quantitative estimate of drug-likeness (QED) is 0.157. The molecule has 0 spiro atoms. The highest BCUT2D eigenvalue weighted by Crippen LogP contribution is 2.21. The number of hydrogen-bond acceptors (Lipinski definition) is 8. The van der Waals surface area contributed by atoms with Gasteiger partial charge in [-0.2, -0.15) is 0 Å². The molecule has 0 fully saturated rings. The molecular formula is C35H47F2N5O7S2. The van der Waals surface area contributed by atoms with Crippen LogP contribution in [-0.2, 0) is 32.2 Å². The molecule has 12 nitrogen and oxygen atoms in total. The largest absolute Gasteiger partial charge is 0.390 e. The number of carbonyl (C=O) groups excluding carboxylic acids is 2.